The first kappa shape index (κ1) is 17.1. The van der Waals surface area contributed by atoms with Crippen molar-refractivity contribution in [3.05, 3.63) is 71.0 Å². The number of hydrogen-bond donors (Lipinski definition) is 1. The minimum atomic E-state index is -0.130. The predicted molar refractivity (Wildman–Crippen MR) is 97.5 cm³/mol. The fourth-order valence-electron chi connectivity index (χ4n) is 3.62. The molecule has 2 aromatic carbocycles. The average Bonchev–Trinajstić information content (AvgIpc) is 2.56. The summed E-state index contributed by atoms with van der Waals surface area (Å²) in [7, 11) is 0. The van der Waals surface area contributed by atoms with Gasteiger partial charge in [-0.1, -0.05) is 56.3 Å². The Morgan fingerprint density at radius 2 is 1.79 bits per heavy atom. The highest BCUT2D eigenvalue weighted by Crippen LogP contribution is 2.28. The Hall–Kier alpha value is -1.71. The second-order valence-corrected chi connectivity index (χ2v) is 7.30. The van der Waals surface area contributed by atoms with Crippen LogP contribution in [-0.2, 0) is 6.54 Å². The zero-order valence-electron chi connectivity index (χ0n) is 14.6. The molecule has 0 aliphatic carbocycles. The normalized spacial score (nSPS) is 22.0. The molecule has 2 aromatic rings. The number of piperidine rings is 1. The average molecular weight is 326 g/mol. The molecule has 0 radical (unpaired) electrons. The third kappa shape index (κ3) is 4.03. The second-order valence-electron chi connectivity index (χ2n) is 7.30. The predicted octanol–water partition coefficient (Wildman–Crippen LogP) is 4.27. The molecule has 0 bridgehead atoms. The van der Waals surface area contributed by atoms with E-state index in [0.717, 1.165) is 25.1 Å². The number of nitrogens with zero attached hydrogens (tertiary/aromatic N) is 1. The van der Waals surface area contributed by atoms with Crippen molar-refractivity contribution in [3.8, 4) is 0 Å². The van der Waals surface area contributed by atoms with E-state index in [-0.39, 0.29) is 11.9 Å². The monoisotopic (exact) mass is 326 g/mol. The number of halogens is 1. The van der Waals surface area contributed by atoms with Crippen molar-refractivity contribution >= 4 is 0 Å². The summed E-state index contributed by atoms with van der Waals surface area (Å²) in [6, 6.07) is 16.1. The summed E-state index contributed by atoms with van der Waals surface area (Å²) in [6.45, 7) is 6.81. The van der Waals surface area contributed by atoms with Gasteiger partial charge in [0.2, 0.25) is 0 Å². The molecule has 1 fully saturated rings. The minimum absolute atomic E-state index is 0.130. The van der Waals surface area contributed by atoms with Crippen molar-refractivity contribution < 1.29 is 4.39 Å². The quantitative estimate of drug-likeness (QED) is 0.909. The van der Waals surface area contributed by atoms with Crippen molar-refractivity contribution in [1.82, 2.24) is 4.90 Å². The zero-order chi connectivity index (χ0) is 17.1. The highest BCUT2D eigenvalue weighted by atomic mass is 19.1. The first-order valence-corrected chi connectivity index (χ1v) is 8.84. The van der Waals surface area contributed by atoms with Gasteiger partial charge in [-0.2, -0.15) is 0 Å². The van der Waals surface area contributed by atoms with Crippen LogP contribution in [0.5, 0.6) is 0 Å². The van der Waals surface area contributed by atoms with Gasteiger partial charge in [0, 0.05) is 31.2 Å². The van der Waals surface area contributed by atoms with Gasteiger partial charge in [-0.25, -0.2) is 4.39 Å². The van der Waals surface area contributed by atoms with Gasteiger partial charge in [-0.3, -0.25) is 4.90 Å². The second kappa shape index (κ2) is 7.45. The van der Waals surface area contributed by atoms with Crippen molar-refractivity contribution in [3.63, 3.8) is 0 Å². The molecule has 1 aliphatic rings. The maximum atomic E-state index is 13.9. The molecule has 24 heavy (non-hydrogen) atoms. The first-order chi connectivity index (χ1) is 11.5. The van der Waals surface area contributed by atoms with E-state index in [9.17, 15) is 4.39 Å². The van der Waals surface area contributed by atoms with Gasteiger partial charge in [0.15, 0.2) is 0 Å². The number of benzene rings is 2. The first-order valence-electron chi connectivity index (χ1n) is 8.84. The lowest BCUT2D eigenvalue weighted by atomic mass is 9.87. The van der Waals surface area contributed by atoms with Crippen LogP contribution in [0.2, 0.25) is 0 Å². The Morgan fingerprint density at radius 1 is 1.08 bits per heavy atom. The van der Waals surface area contributed by atoms with Crippen molar-refractivity contribution in [2.24, 2.45) is 5.73 Å². The van der Waals surface area contributed by atoms with E-state index in [4.69, 9.17) is 5.73 Å². The molecule has 3 heteroatoms. The molecule has 0 amide bonds. The highest BCUT2D eigenvalue weighted by molar-refractivity contribution is 5.28. The van der Waals surface area contributed by atoms with Crippen molar-refractivity contribution in [1.29, 1.82) is 0 Å². The Labute approximate surface area is 144 Å². The van der Waals surface area contributed by atoms with Crippen LogP contribution in [0.1, 0.15) is 48.8 Å². The van der Waals surface area contributed by atoms with Gasteiger partial charge in [-0.05, 0) is 35.4 Å². The molecule has 0 spiro atoms. The molecule has 1 saturated heterocycles. The lowest BCUT2D eigenvalue weighted by molar-refractivity contribution is 0.179. The molecule has 2 unspecified atom stereocenters. The minimum Gasteiger partial charge on any atom is -0.327 e. The van der Waals surface area contributed by atoms with Gasteiger partial charge >= 0.3 is 0 Å². The van der Waals surface area contributed by atoms with Crippen molar-refractivity contribution in [2.45, 2.75) is 44.7 Å². The zero-order valence-corrected chi connectivity index (χ0v) is 14.6. The van der Waals surface area contributed by atoms with Crippen LogP contribution in [0.3, 0.4) is 0 Å². The van der Waals surface area contributed by atoms with Crippen LogP contribution in [0.4, 0.5) is 4.39 Å². The summed E-state index contributed by atoms with van der Waals surface area (Å²) < 4.78 is 13.9. The SMILES string of the molecule is CC(C)c1ccc(C2CC(N)CN(Cc3ccccc3F)C2)cc1. The Morgan fingerprint density at radius 3 is 2.46 bits per heavy atom. The Bertz CT molecular complexity index is 666. The molecule has 2 nitrogen and oxygen atoms in total. The van der Waals surface area contributed by atoms with Crippen LogP contribution < -0.4 is 5.73 Å². The molecule has 0 saturated carbocycles. The molecule has 1 aliphatic heterocycles. The molecule has 3 rings (SSSR count). The number of nitrogens with two attached hydrogens (primary N) is 1. The molecule has 1 heterocycles. The molecule has 128 valence electrons. The van der Waals surface area contributed by atoms with Gasteiger partial charge in [0.25, 0.3) is 0 Å². The Balaban J connectivity index is 1.72. The van der Waals surface area contributed by atoms with Crippen LogP contribution in [0, 0.1) is 5.82 Å². The van der Waals surface area contributed by atoms with E-state index in [0.29, 0.717) is 18.4 Å². The van der Waals surface area contributed by atoms with Crippen LogP contribution in [0.25, 0.3) is 0 Å². The lowest BCUT2D eigenvalue weighted by Crippen LogP contribution is -2.45. The molecule has 0 aromatic heterocycles. The van der Waals surface area contributed by atoms with Crippen LogP contribution in [0.15, 0.2) is 48.5 Å². The van der Waals surface area contributed by atoms with Crippen molar-refractivity contribution in [2.75, 3.05) is 13.1 Å². The molecule has 2 atom stereocenters. The standard InChI is InChI=1S/C21H27FN2/c1-15(2)16-7-9-17(10-8-16)19-11-20(23)14-24(13-19)12-18-5-3-4-6-21(18)22/h3-10,15,19-20H,11-14,23H2,1-2H3. The third-order valence-electron chi connectivity index (χ3n) is 4.98. The summed E-state index contributed by atoms with van der Waals surface area (Å²) in [4.78, 5) is 2.29. The van der Waals surface area contributed by atoms with Gasteiger partial charge < -0.3 is 5.73 Å². The smallest absolute Gasteiger partial charge is 0.127 e. The third-order valence-corrected chi connectivity index (χ3v) is 4.98. The van der Waals surface area contributed by atoms with Crippen LogP contribution >= 0.6 is 0 Å². The largest absolute Gasteiger partial charge is 0.327 e. The number of hydrogen-bond acceptors (Lipinski definition) is 2. The van der Waals surface area contributed by atoms with Gasteiger partial charge in [0.05, 0.1) is 0 Å². The fraction of sp³-hybridized carbons (Fsp3) is 0.429. The maximum Gasteiger partial charge on any atom is 0.127 e. The van der Waals surface area contributed by atoms with Crippen LogP contribution in [-0.4, -0.2) is 24.0 Å². The summed E-state index contributed by atoms with van der Waals surface area (Å²) in [5.41, 5.74) is 9.74. The van der Waals surface area contributed by atoms with E-state index < -0.39 is 0 Å². The number of rotatable bonds is 4. The highest BCUT2D eigenvalue weighted by Gasteiger charge is 2.26. The van der Waals surface area contributed by atoms with Gasteiger partial charge in [0.1, 0.15) is 5.82 Å². The molecule has 2 N–H and O–H groups in total. The maximum absolute atomic E-state index is 13.9. The van der Waals surface area contributed by atoms with E-state index >= 15 is 0 Å². The lowest BCUT2D eigenvalue weighted by Gasteiger charge is -2.36. The molecular formula is C21H27FN2. The summed E-state index contributed by atoms with van der Waals surface area (Å²) in [6.07, 6.45) is 0.995. The van der Waals surface area contributed by atoms with E-state index in [1.807, 2.05) is 12.1 Å². The fourth-order valence-corrected chi connectivity index (χ4v) is 3.62. The molecular weight excluding hydrogens is 299 g/mol. The topological polar surface area (TPSA) is 29.3 Å². The Kier molecular flexibility index (Phi) is 5.32. The summed E-state index contributed by atoms with van der Waals surface area (Å²) >= 11 is 0. The van der Waals surface area contributed by atoms with E-state index in [1.165, 1.54) is 17.2 Å². The van der Waals surface area contributed by atoms with E-state index in [1.54, 1.807) is 6.07 Å². The van der Waals surface area contributed by atoms with Gasteiger partial charge in [-0.15, -0.1) is 0 Å². The summed E-state index contributed by atoms with van der Waals surface area (Å²) in [5.74, 6) is 0.835. The van der Waals surface area contributed by atoms with E-state index in [2.05, 4.69) is 43.0 Å². The summed E-state index contributed by atoms with van der Waals surface area (Å²) in [5, 5.41) is 0. The number of likely N-dealkylation sites (tertiary alicyclic amines) is 1.